The Labute approximate surface area is 77.5 Å². The van der Waals surface area contributed by atoms with Gasteiger partial charge in [0.15, 0.2) is 0 Å². The third-order valence-corrected chi connectivity index (χ3v) is 3.40. The van der Waals surface area contributed by atoms with Gasteiger partial charge in [-0.2, -0.15) is 0 Å². The Kier molecular flexibility index (Phi) is 3.48. The Bertz CT molecular complexity index is 226. The molecule has 0 aromatic carbocycles. The molecule has 0 aliphatic heterocycles. The van der Waals surface area contributed by atoms with Gasteiger partial charge in [0.05, 0.1) is 6.67 Å². The lowest BCUT2D eigenvalue weighted by Crippen LogP contribution is -2.09. The average Bonchev–Trinajstić information content (AvgIpc) is 2.36. The van der Waals surface area contributed by atoms with Crippen LogP contribution in [0.3, 0.4) is 0 Å². The molecule has 62 valence electrons. The van der Waals surface area contributed by atoms with Crippen molar-refractivity contribution in [3.8, 4) is 0 Å². The minimum Gasteiger partial charge on any atom is -0.323 e. The van der Waals surface area contributed by atoms with E-state index in [9.17, 15) is 4.39 Å². The molecule has 0 radical (unpaired) electrons. The summed E-state index contributed by atoms with van der Waals surface area (Å²) in [6.45, 7) is -0.356. The van der Waals surface area contributed by atoms with E-state index in [1.54, 1.807) is 11.3 Å². The SMILES string of the molecule is N[C@H](CCF)c1sccc1Br. The largest absolute Gasteiger partial charge is 0.323 e. The molecule has 0 amide bonds. The van der Waals surface area contributed by atoms with Gasteiger partial charge in [0.2, 0.25) is 0 Å². The third kappa shape index (κ3) is 2.25. The van der Waals surface area contributed by atoms with E-state index in [1.165, 1.54) is 0 Å². The first kappa shape index (κ1) is 9.16. The van der Waals surface area contributed by atoms with Crippen molar-refractivity contribution in [1.82, 2.24) is 0 Å². The maximum absolute atomic E-state index is 11.9. The monoisotopic (exact) mass is 237 g/mol. The summed E-state index contributed by atoms with van der Waals surface area (Å²) in [6, 6.07) is 1.77. The zero-order valence-corrected chi connectivity index (χ0v) is 8.29. The van der Waals surface area contributed by atoms with Crippen LogP contribution in [0.4, 0.5) is 4.39 Å². The first-order valence-electron chi connectivity index (χ1n) is 3.30. The molecule has 2 N–H and O–H groups in total. The highest BCUT2D eigenvalue weighted by molar-refractivity contribution is 9.10. The highest BCUT2D eigenvalue weighted by atomic mass is 79.9. The molecule has 0 saturated heterocycles. The summed E-state index contributed by atoms with van der Waals surface area (Å²) in [5.74, 6) is 0. The molecule has 11 heavy (non-hydrogen) atoms. The molecule has 0 bridgehead atoms. The lowest BCUT2D eigenvalue weighted by molar-refractivity contribution is 0.443. The highest BCUT2D eigenvalue weighted by Crippen LogP contribution is 2.29. The fraction of sp³-hybridized carbons (Fsp3) is 0.429. The van der Waals surface area contributed by atoms with E-state index >= 15 is 0 Å². The molecule has 0 saturated carbocycles. The van der Waals surface area contributed by atoms with E-state index in [0.717, 1.165) is 9.35 Å². The van der Waals surface area contributed by atoms with Crippen molar-refractivity contribution in [3.63, 3.8) is 0 Å². The maximum Gasteiger partial charge on any atom is 0.0912 e. The molecule has 1 aromatic rings. The van der Waals surface area contributed by atoms with Crippen LogP contribution in [0.2, 0.25) is 0 Å². The molecule has 1 atom stereocenters. The zero-order valence-electron chi connectivity index (χ0n) is 5.89. The molecule has 0 aliphatic carbocycles. The van der Waals surface area contributed by atoms with Gasteiger partial charge in [0, 0.05) is 15.4 Å². The predicted octanol–water partition coefficient (Wildman–Crippen LogP) is 2.87. The standard InChI is InChI=1S/C7H9BrFNS/c8-5-2-4-11-7(5)6(10)1-3-9/h2,4,6H,1,3,10H2/t6-/m1/s1. The summed E-state index contributed by atoms with van der Waals surface area (Å²) in [5, 5.41) is 1.94. The van der Waals surface area contributed by atoms with Crippen molar-refractivity contribution in [2.24, 2.45) is 5.73 Å². The molecule has 0 unspecified atom stereocenters. The second kappa shape index (κ2) is 4.18. The summed E-state index contributed by atoms with van der Waals surface area (Å²) in [6.07, 6.45) is 0.402. The van der Waals surface area contributed by atoms with Crippen molar-refractivity contribution in [2.45, 2.75) is 12.5 Å². The minimum atomic E-state index is -0.356. The zero-order chi connectivity index (χ0) is 8.27. The summed E-state index contributed by atoms with van der Waals surface area (Å²) in [4.78, 5) is 1.03. The van der Waals surface area contributed by atoms with E-state index in [1.807, 2.05) is 11.4 Å². The Balaban J connectivity index is 2.67. The third-order valence-electron chi connectivity index (χ3n) is 1.40. The van der Waals surface area contributed by atoms with Gasteiger partial charge >= 0.3 is 0 Å². The summed E-state index contributed by atoms with van der Waals surface area (Å²) in [7, 11) is 0. The Hall–Kier alpha value is 0.0700. The fourth-order valence-corrected chi connectivity index (χ4v) is 2.52. The fourth-order valence-electron chi connectivity index (χ4n) is 0.819. The number of thiophene rings is 1. The van der Waals surface area contributed by atoms with Crippen molar-refractivity contribution in [1.29, 1.82) is 0 Å². The van der Waals surface area contributed by atoms with E-state index < -0.39 is 0 Å². The van der Waals surface area contributed by atoms with Crippen LogP contribution in [-0.4, -0.2) is 6.67 Å². The number of rotatable bonds is 3. The van der Waals surface area contributed by atoms with Crippen molar-refractivity contribution in [3.05, 3.63) is 20.8 Å². The van der Waals surface area contributed by atoms with E-state index in [4.69, 9.17) is 5.73 Å². The summed E-state index contributed by atoms with van der Waals surface area (Å²) < 4.78 is 12.9. The minimum absolute atomic E-state index is 0.158. The molecule has 1 rings (SSSR count). The van der Waals surface area contributed by atoms with Crippen LogP contribution in [0.15, 0.2) is 15.9 Å². The molecule has 1 aromatic heterocycles. The van der Waals surface area contributed by atoms with Gasteiger partial charge in [-0.1, -0.05) is 0 Å². The normalized spacial score (nSPS) is 13.4. The summed E-state index contributed by atoms with van der Waals surface area (Å²) in [5.41, 5.74) is 5.69. The topological polar surface area (TPSA) is 26.0 Å². The molecule has 4 heteroatoms. The van der Waals surface area contributed by atoms with Gasteiger partial charge in [-0.25, -0.2) is 0 Å². The quantitative estimate of drug-likeness (QED) is 0.860. The molecular formula is C7H9BrFNS. The number of nitrogens with two attached hydrogens (primary N) is 1. The number of alkyl halides is 1. The molecule has 1 nitrogen and oxygen atoms in total. The molecule has 0 fully saturated rings. The highest BCUT2D eigenvalue weighted by Gasteiger charge is 2.10. The molecule has 0 spiro atoms. The van der Waals surface area contributed by atoms with Crippen LogP contribution in [-0.2, 0) is 0 Å². The van der Waals surface area contributed by atoms with Gasteiger partial charge < -0.3 is 5.73 Å². The Morgan fingerprint density at radius 3 is 2.91 bits per heavy atom. The predicted molar refractivity (Wildman–Crippen MR) is 49.5 cm³/mol. The van der Waals surface area contributed by atoms with E-state index in [2.05, 4.69) is 15.9 Å². The lowest BCUT2D eigenvalue weighted by Gasteiger charge is -2.06. The summed E-state index contributed by atoms with van der Waals surface area (Å²) >= 11 is 4.90. The van der Waals surface area contributed by atoms with Crippen LogP contribution in [0.5, 0.6) is 0 Å². The Morgan fingerprint density at radius 1 is 1.73 bits per heavy atom. The lowest BCUT2D eigenvalue weighted by atomic mass is 10.2. The average molecular weight is 238 g/mol. The van der Waals surface area contributed by atoms with Gasteiger partial charge in [-0.15, -0.1) is 11.3 Å². The van der Waals surface area contributed by atoms with Crippen LogP contribution in [0.1, 0.15) is 17.3 Å². The van der Waals surface area contributed by atoms with E-state index in [0.29, 0.717) is 6.42 Å². The molecule has 1 heterocycles. The van der Waals surface area contributed by atoms with Crippen molar-refractivity contribution in [2.75, 3.05) is 6.67 Å². The molecular weight excluding hydrogens is 229 g/mol. The van der Waals surface area contributed by atoms with Crippen LogP contribution < -0.4 is 5.73 Å². The van der Waals surface area contributed by atoms with Gasteiger partial charge in [0.25, 0.3) is 0 Å². The van der Waals surface area contributed by atoms with Crippen molar-refractivity contribution < 1.29 is 4.39 Å². The van der Waals surface area contributed by atoms with Gasteiger partial charge in [0.1, 0.15) is 0 Å². The van der Waals surface area contributed by atoms with Crippen LogP contribution in [0, 0.1) is 0 Å². The van der Waals surface area contributed by atoms with Crippen LogP contribution in [0.25, 0.3) is 0 Å². The second-order valence-electron chi connectivity index (χ2n) is 2.22. The molecule has 0 aliphatic rings. The van der Waals surface area contributed by atoms with Gasteiger partial charge in [-0.3, -0.25) is 4.39 Å². The number of hydrogen-bond acceptors (Lipinski definition) is 2. The van der Waals surface area contributed by atoms with Gasteiger partial charge in [-0.05, 0) is 33.8 Å². The Morgan fingerprint density at radius 2 is 2.45 bits per heavy atom. The number of halogens is 2. The van der Waals surface area contributed by atoms with Crippen LogP contribution >= 0.6 is 27.3 Å². The van der Waals surface area contributed by atoms with E-state index in [-0.39, 0.29) is 12.7 Å². The second-order valence-corrected chi connectivity index (χ2v) is 4.02. The maximum atomic E-state index is 11.9. The first-order valence-corrected chi connectivity index (χ1v) is 4.97. The number of hydrogen-bond donors (Lipinski definition) is 1. The first-order chi connectivity index (χ1) is 5.25. The smallest absolute Gasteiger partial charge is 0.0912 e. The van der Waals surface area contributed by atoms with Crippen molar-refractivity contribution >= 4 is 27.3 Å².